The van der Waals surface area contributed by atoms with Crippen molar-refractivity contribution in [2.75, 3.05) is 21.2 Å². The number of amides is 1. The van der Waals surface area contributed by atoms with Crippen molar-refractivity contribution in [2.24, 2.45) is 0 Å². The van der Waals surface area contributed by atoms with Gasteiger partial charge in [0.2, 0.25) is 10.0 Å². The number of hydrogen-bond acceptors (Lipinski definition) is 4. The lowest BCUT2D eigenvalue weighted by Gasteiger charge is -2.18. The lowest BCUT2D eigenvalue weighted by atomic mass is 10.0. The average molecular weight is 376 g/mol. The van der Waals surface area contributed by atoms with Gasteiger partial charge in [-0.15, -0.1) is 0 Å². The molecule has 26 heavy (non-hydrogen) atoms. The zero-order valence-corrected chi connectivity index (χ0v) is 16.2. The molecule has 0 saturated heterocycles. The molecule has 0 aromatic heterocycles. The Labute approximate surface area is 154 Å². The summed E-state index contributed by atoms with van der Waals surface area (Å²) in [4.78, 5) is 12.7. The van der Waals surface area contributed by atoms with E-state index in [1.807, 2.05) is 31.2 Å². The molecule has 7 heteroatoms. The van der Waals surface area contributed by atoms with E-state index in [0.717, 1.165) is 22.0 Å². The van der Waals surface area contributed by atoms with Crippen LogP contribution in [0.25, 0.3) is 0 Å². The van der Waals surface area contributed by atoms with E-state index in [1.165, 1.54) is 38.4 Å². The summed E-state index contributed by atoms with van der Waals surface area (Å²) in [5, 5.41) is 2.98. The van der Waals surface area contributed by atoms with Crippen molar-refractivity contribution in [3.8, 4) is 5.75 Å². The van der Waals surface area contributed by atoms with Gasteiger partial charge in [0.15, 0.2) is 0 Å². The third-order valence-electron chi connectivity index (χ3n) is 4.13. The van der Waals surface area contributed by atoms with Gasteiger partial charge in [0.05, 0.1) is 18.0 Å². The van der Waals surface area contributed by atoms with Gasteiger partial charge >= 0.3 is 0 Å². The van der Waals surface area contributed by atoms with E-state index in [-0.39, 0.29) is 16.8 Å². The first-order valence-electron chi connectivity index (χ1n) is 8.27. The van der Waals surface area contributed by atoms with Gasteiger partial charge in [-0.05, 0) is 48.4 Å². The summed E-state index contributed by atoms with van der Waals surface area (Å²) < 4.78 is 30.5. The van der Waals surface area contributed by atoms with Crippen LogP contribution in [0.4, 0.5) is 0 Å². The van der Waals surface area contributed by atoms with Crippen LogP contribution in [0.15, 0.2) is 53.4 Å². The first-order valence-corrected chi connectivity index (χ1v) is 9.71. The Balaban J connectivity index is 2.14. The van der Waals surface area contributed by atoms with Crippen LogP contribution in [0.2, 0.25) is 0 Å². The zero-order chi connectivity index (χ0) is 19.3. The summed E-state index contributed by atoms with van der Waals surface area (Å²) in [5.41, 5.74) is 1.39. The van der Waals surface area contributed by atoms with E-state index in [2.05, 4.69) is 5.32 Å². The molecule has 0 spiro atoms. The van der Waals surface area contributed by atoms with Gasteiger partial charge in [-0.3, -0.25) is 4.79 Å². The molecular formula is C19H24N2O4S. The molecule has 0 unspecified atom stereocenters. The van der Waals surface area contributed by atoms with Crippen LogP contribution < -0.4 is 10.1 Å². The largest absolute Gasteiger partial charge is 0.497 e. The van der Waals surface area contributed by atoms with Crippen molar-refractivity contribution in [2.45, 2.75) is 24.3 Å². The molecule has 0 heterocycles. The topological polar surface area (TPSA) is 75.7 Å². The summed E-state index contributed by atoms with van der Waals surface area (Å²) in [6.07, 6.45) is 0.727. The SMILES string of the molecule is CC[C@@H](NC(=O)c1ccc(S(=O)(=O)N(C)C)cc1)c1ccc(OC)cc1. The molecule has 0 bridgehead atoms. The van der Waals surface area contributed by atoms with Crippen LogP contribution in [0, 0.1) is 0 Å². The number of nitrogens with zero attached hydrogens (tertiary/aromatic N) is 1. The fourth-order valence-corrected chi connectivity index (χ4v) is 3.39. The maximum Gasteiger partial charge on any atom is 0.251 e. The second-order valence-electron chi connectivity index (χ2n) is 6.02. The molecule has 2 aromatic rings. The maximum atomic E-state index is 12.5. The molecule has 0 aliphatic carbocycles. The van der Waals surface area contributed by atoms with Crippen molar-refractivity contribution < 1.29 is 17.9 Å². The van der Waals surface area contributed by atoms with E-state index in [9.17, 15) is 13.2 Å². The molecule has 1 N–H and O–H groups in total. The van der Waals surface area contributed by atoms with E-state index >= 15 is 0 Å². The van der Waals surface area contributed by atoms with Crippen LogP contribution in [0.5, 0.6) is 5.75 Å². The van der Waals surface area contributed by atoms with Crippen molar-refractivity contribution >= 4 is 15.9 Å². The molecule has 1 atom stereocenters. The number of methoxy groups -OCH3 is 1. The van der Waals surface area contributed by atoms with Crippen molar-refractivity contribution in [3.63, 3.8) is 0 Å². The van der Waals surface area contributed by atoms with Gasteiger partial charge in [-0.1, -0.05) is 19.1 Å². The standard InChI is InChI=1S/C19H24N2O4S/c1-5-18(14-6-10-16(25-4)11-7-14)20-19(22)15-8-12-17(13-9-15)26(23,24)21(2)3/h6-13,18H,5H2,1-4H3,(H,20,22)/t18-/m1/s1. The number of hydrogen-bond donors (Lipinski definition) is 1. The van der Waals surface area contributed by atoms with Gasteiger partial charge in [0.25, 0.3) is 5.91 Å². The Hall–Kier alpha value is -2.38. The minimum absolute atomic E-state index is 0.140. The maximum absolute atomic E-state index is 12.5. The van der Waals surface area contributed by atoms with Crippen molar-refractivity contribution in [1.82, 2.24) is 9.62 Å². The molecule has 2 aromatic carbocycles. The van der Waals surface area contributed by atoms with Crippen molar-refractivity contribution in [1.29, 1.82) is 0 Å². The van der Waals surface area contributed by atoms with E-state index in [4.69, 9.17) is 4.74 Å². The minimum Gasteiger partial charge on any atom is -0.497 e. The molecule has 0 radical (unpaired) electrons. The van der Waals surface area contributed by atoms with E-state index in [0.29, 0.717) is 5.56 Å². The Kier molecular flexibility index (Phi) is 6.39. The van der Waals surface area contributed by atoms with Gasteiger partial charge in [-0.2, -0.15) is 0 Å². The lowest BCUT2D eigenvalue weighted by Crippen LogP contribution is -2.28. The highest BCUT2D eigenvalue weighted by atomic mass is 32.2. The first kappa shape index (κ1) is 19.9. The van der Waals surface area contributed by atoms with Crippen LogP contribution in [-0.2, 0) is 10.0 Å². The molecule has 1 amide bonds. The monoisotopic (exact) mass is 376 g/mol. The number of sulfonamides is 1. The minimum atomic E-state index is -3.51. The molecule has 0 saturated carbocycles. The van der Waals surface area contributed by atoms with E-state index in [1.54, 1.807) is 7.11 Å². The summed E-state index contributed by atoms with van der Waals surface area (Å²) in [6, 6.07) is 13.3. The number of nitrogens with one attached hydrogen (secondary N) is 1. The second-order valence-corrected chi connectivity index (χ2v) is 8.17. The number of carbonyl (C=O) groups excluding carboxylic acids is 1. The molecule has 0 aliphatic heterocycles. The molecule has 2 rings (SSSR count). The van der Waals surface area contributed by atoms with Crippen LogP contribution >= 0.6 is 0 Å². The molecule has 0 aliphatic rings. The predicted molar refractivity (Wildman–Crippen MR) is 101 cm³/mol. The third-order valence-corrected chi connectivity index (χ3v) is 5.96. The first-order chi connectivity index (χ1) is 12.3. The molecule has 0 fully saturated rings. The fourth-order valence-electron chi connectivity index (χ4n) is 2.49. The number of ether oxygens (including phenoxy) is 1. The number of benzene rings is 2. The summed E-state index contributed by atoms with van der Waals surface area (Å²) in [7, 11) is 1.04. The Morgan fingerprint density at radius 2 is 1.65 bits per heavy atom. The summed E-state index contributed by atoms with van der Waals surface area (Å²) in [6.45, 7) is 1.99. The van der Waals surface area contributed by atoms with Crippen LogP contribution in [0.3, 0.4) is 0 Å². The van der Waals surface area contributed by atoms with Crippen LogP contribution in [0.1, 0.15) is 35.3 Å². The lowest BCUT2D eigenvalue weighted by molar-refractivity contribution is 0.0935. The van der Waals surface area contributed by atoms with Crippen LogP contribution in [-0.4, -0.2) is 39.8 Å². The quantitative estimate of drug-likeness (QED) is 0.806. The zero-order valence-electron chi connectivity index (χ0n) is 15.4. The fraction of sp³-hybridized carbons (Fsp3) is 0.316. The number of carbonyl (C=O) groups is 1. The van der Waals surface area contributed by atoms with Crippen molar-refractivity contribution in [3.05, 3.63) is 59.7 Å². The Morgan fingerprint density at radius 3 is 2.12 bits per heavy atom. The number of rotatable bonds is 7. The predicted octanol–water partition coefficient (Wildman–Crippen LogP) is 2.83. The third kappa shape index (κ3) is 4.42. The van der Waals surface area contributed by atoms with Gasteiger partial charge in [-0.25, -0.2) is 12.7 Å². The normalized spacial score (nSPS) is 12.7. The Morgan fingerprint density at radius 1 is 1.08 bits per heavy atom. The van der Waals surface area contributed by atoms with Gasteiger partial charge < -0.3 is 10.1 Å². The second kappa shape index (κ2) is 8.33. The van der Waals surface area contributed by atoms with Gasteiger partial charge in [0.1, 0.15) is 5.75 Å². The summed E-state index contributed by atoms with van der Waals surface area (Å²) >= 11 is 0. The Bertz CT molecular complexity index is 844. The molecule has 140 valence electrons. The smallest absolute Gasteiger partial charge is 0.251 e. The summed E-state index contributed by atoms with van der Waals surface area (Å²) in [5.74, 6) is 0.508. The molecule has 6 nitrogen and oxygen atoms in total. The molecular weight excluding hydrogens is 352 g/mol. The highest BCUT2D eigenvalue weighted by Crippen LogP contribution is 2.21. The average Bonchev–Trinajstić information content (AvgIpc) is 2.66. The highest BCUT2D eigenvalue weighted by Gasteiger charge is 2.18. The van der Waals surface area contributed by atoms with Gasteiger partial charge in [0, 0.05) is 19.7 Å². The van der Waals surface area contributed by atoms with E-state index < -0.39 is 10.0 Å². The highest BCUT2D eigenvalue weighted by molar-refractivity contribution is 7.89.